The van der Waals surface area contributed by atoms with Crippen LogP contribution in [0.2, 0.25) is 0 Å². The van der Waals surface area contributed by atoms with Gasteiger partial charge in [-0.15, -0.1) is 0 Å². The molecule has 1 heterocycles. The molecule has 0 bridgehead atoms. The van der Waals surface area contributed by atoms with E-state index in [4.69, 9.17) is 0 Å². The van der Waals surface area contributed by atoms with E-state index in [1.54, 1.807) is 0 Å². The fourth-order valence-corrected chi connectivity index (χ4v) is 2.11. The standard InChI is InChI=1S/C9H8IN3O/c1-6-2-3-8(7(10)4-6)13-9(14)11-5-12-13/h2-5H,1H3,(H,11,12,14). The van der Waals surface area contributed by atoms with Crippen molar-refractivity contribution in [2.45, 2.75) is 6.92 Å². The van der Waals surface area contributed by atoms with Crippen LogP contribution >= 0.6 is 22.6 Å². The van der Waals surface area contributed by atoms with Crippen LogP contribution < -0.4 is 5.69 Å². The van der Waals surface area contributed by atoms with Gasteiger partial charge >= 0.3 is 5.69 Å². The average molecular weight is 301 g/mol. The summed E-state index contributed by atoms with van der Waals surface area (Å²) < 4.78 is 2.36. The molecule has 5 heteroatoms. The van der Waals surface area contributed by atoms with E-state index in [1.165, 1.54) is 16.6 Å². The Kier molecular flexibility index (Phi) is 2.40. The summed E-state index contributed by atoms with van der Waals surface area (Å²) in [6, 6.07) is 5.86. The van der Waals surface area contributed by atoms with E-state index in [1.807, 2.05) is 25.1 Å². The van der Waals surface area contributed by atoms with Crippen LogP contribution in [0.25, 0.3) is 5.69 Å². The Hall–Kier alpha value is -1.11. The van der Waals surface area contributed by atoms with Crippen LogP contribution in [0, 0.1) is 10.5 Å². The highest BCUT2D eigenvalue weighted by Gasteiger charge is 2.05. The van der Waals surface area contributed by atoms with E-state index in [-0.39, 0.29) is 5.69 Å². The molecule has 1 N–H and O–H groups in total. The van der Waals surface area contributed by atoms with Gasteiger partial charge in [-0.1, -0.05) is 6.07 Å². The summed E-state index contributed by atoms with van der Waals surface area (Å²) >= 11 is 2.19. The van der Waals surface area contributed by atoms with Crippen molar-refractivity contribution < 1.29 is 0 Å². The van der Waals surface area contributed by atoms with Gasteiger partial charge in [-0.05, 0) is 47.2 Å². The predicted octanol–water partition coefficient (Wildman–Crippen LogP) is 1.47. The maximum atomic E-state index is 11.3. The molecule has 1 aromatic carbocycles. The van der Waals surface area contributed by atoms with Crippen LogP contribution in [0.3, 0.4) is 0 Å². The molecular weight excluding hydrogens is 293 g/mol. The van der Waals surface area contributed by atoms with Gasteiger partial charge in [-0.3, -0.25) is 4.98 Å². The molecule has 2 rings (SSSR count). The number of rotatable bonds is 1. The van der Waals surface area contributed by atoms with E-state index in [0.717, 1.165) is 9.26 Å². The number of hydrogen-bond donors (Lipinski definition) is 1. The third-order valence-corrected chi connectivity index (χ3v) is 2.75. The second-order valence-corrected chi connectivity index (χ2v) is 4.12. The number of benzene rings is 1. The third-order valence-electron chi connectivity index (χ3n) is 1.88. The number of hydrogen-bond acceptors (Lipinski definition) is 2. The van der Waals surface area contributed by atoms with Crippen LogP contribution in [0.5, 0.6) is 0 Å². The lowest BCUT2D eigenvalue weighted by Gasteiger charge is -2.03. The molecule has 72 valence electrons. The molecule has 1 aromatic heterocycles. The number of halogens is 1. The Labute approximate surface area is 94.1 Å². The number of nitrogens with one attached hydrogen (secondary N) is 1. The van der Waals surface area contributed by atoms with Crippen LogP contribution in [0.15, 0.2) is 29.3 Å². The van der Waals surface area contributed by atoms with Crippen molar-refractivity contribution in [2.75, 3.05) is 0 Å². The van der Waals surface area contributed by atoms with Gasteiger partial charge in [0.2, 0.25) is 0 Å². The van der Waals surface area contributed by atoms with Crippen LogP contribution in [-0.4, -0.2) is 14.8 Å². The fourth-order valence-electron chi connectivity index (χ4n) is 1.21. The van der Waals surface area contributed by atoms with Gasteiger partial charge in [0.25, 0.3) is 0 Å². The summed E-state index contributed by atoms with van der Waals surface area (Å²) in [5, 5.41) is 3.92. The summed E-state index contributed by atoms with van der Waals surface area (Å²) in [4.78, 5) is 13.8. The van der Waals surface area contributed by atoms with Crippen molar-refractivity contribution in [1.29, 1.82) is 0 Å². The summed E-state index contributed by atoms with van der Waals surface area (Å²) in [5.74, 6) is 0. The third kappa shape index (κ3) is 1.59. The molecule has 0 atom stereocenters. The highest BCUT2D eigenvalue weighted by atomic mass is 127. The lowest BCUT2D eigenvalue weighted by atomic mass is 10.2. The molecule has 0 amide bonds. The smallest absolute Gasteiger partial charge is 0.295 e. The number of aryl methyl sites for hydroxylation is 1. The Morgan fingerprint density at radius 1 is 1.50 bits per heavy atom. The first-order chi connectivity index (χ1) is 6.68. The Balaban J connectivity index is 2.63. The Morgan fingerprint density at radius 2 is 2.29 bits per heavy atom. The van der Waals surface area contributed by atoms with Gasteiger partial charge in [0.05, 0.1) is 5.69 Å². The first-order valence-electron chi connectivity index (χ1n) is 4.08. The molecule has 0 saturated carbocycles. The van der Waals surface area contributed by atoms with Gasteiger partial charge in [0.1, 0.15) is 6.33 Å². The van der Waals surface area contributed by atoms with Gasteiger partial charge in [-0.2, -0.15) is 9.78 Å². The lowest BCUT2D eigenvalue weighted by molar-refractivity contribution is 0.838. The van der Waals surface area contributed by atoms with E-state index in [9.17, 15) is 4.79 Å². The first kappa shape index (κ1) is 9.45. The van der Waals surface area contributed by atoms with Gasteiger partial charge in [0, 0.05) is 3.57 Å². The molecule has 0 fully saturated rings. The van der Waals surface area contributed by atoms with Crippen molar-refractivity contribution >= 4 is 22.6 Å². The minimum absolute atomic E-state index is 0.216. The number of H-pyrrole nitrogens is 1. The Morgan fingerprint density at radius 3 is 2.86 bits per heavy atom. The highest BCUT2D eigenvalue weighted by molar-refractivity contribution is 14.1. The second kappa shape index (κ2) is 3.56. The topological polar surface area (TPSA) is 50.7 Å². The molecule has 2 aromatic rings. The molecule has 0 aliphatic heterocycles. The largest absolute Gasteiger partial charge is 0.347 e. The van der Waals surface area contributed by atoms with Crippen molar-refractivity contribution in [1.82, 2.24) is 14.8 Å². The summed E-state index contributed by atoms with van der Waals surface area (Å²) in [6.45, 7) is 2.01. The van der Waals surface area contributed by atoms with E-state index < -0.39 is 0 Å². The molecule has 0 aliphatic carbocycles. The molecule has 4 nitrogen and oxygen atoms in total. The molecule has 0 radical (unpaired) electrons. The second-order valence-electron chi connectivity index (χ2n) is 2.96. The zero-order valence-corrected chi connectivity index (χ0v) is 9.65. The molecule has 0 spiro atoms. The highest BCUT2D eigenvalue weighted by Crippen LogP contribution is 2.15. The number of aromatic amines is 1. The van der Waals surface area contributed by atoms with Crippen molar-refractivity contribution in [3.8, 4) is 5.69 Å². The number of nitrogens with zero attached hydrogens (tertiary/aromatic N) is 2. The van der Waals surface area contributed by atoms with Crippen molar-refractivity contribution in [2.24, 2.45) is 0 Å². The normalized spacial score (nSPS) is 10.4. The maximum absolute atomic E-state index is 11.3. The quantitative estimate of drug-likeness (QED) is 0.811. The van der Waals surface area contributed by atoms with E-state index in [2.05, 4.69) is 32.7 Å². The maximum Gasteiger partial charge on any atom is 0.347 e. The van der Waals surface area contributed by atoms with Crippen LogP contribution in [-0.2, 0) is 0 Å². The Bertz CT molecular complexity index is 515. The molecule has 0 saturated heterocycles. The van der Waals surface area contributed by atoms with E-state index in [0.29, 0.717) is 0 Å². The molecular formula is C9H8IN3O. The summed E-state index contributed by atoms with van der Waals surface area (Å²) in [7, 11) is 0. The van der Waals surface area contributed by atoms with Gasteiger partial charge in [-0.25, -0.2) is 4.79 Å². The lowest BCUT2D eigenvalue weighted by Crippen LogP contribution is -2.16. The van der Waals surface area contributed by atoms with Crippen LogP contribution in [0.4, 0.5) is 0 Å². The van der Waals surface area contributed by atoms with Crippen LogP contribution in [0.1, 0.15) is 5.56 Å². The SMILES string of the molecule is Cc1ccc(-n2nc[nH]c2=O)c(I)c1. The minimum Gasteiger partial charge on any atom is -0.295 e. The minimum atomic E-state index is -0.216. The average Bonchev–Trinajstić information content (AvgIpc) is 2.52. The zero-order valence-electron chi connectivity index (χ0n) is 7.49. The molecule has 0 aliphatic rings. The monoisotopic (exact) mass is 301 g/mol. The van der Waals surface area contributed by atoms with E-state index >= 15 is 0 Å². The fraction of sp³-hybridized carbons (Fsp3) is 0.111. The van der Waals surface area contributed by atoms with Crippen molar-refractivity contribution in [3.05, 3.63) is 44.1 Å². The van der Waals surface area contributed by atoms with Crippen molar-refractivity contribution in [3.63, 3.8) is 0 Å². The summed E-state index contributed by atoms with van der Waals surface area (Å²) in [6.07, 6.45) is 1.39. The number of aromatic nitrogens is 3. The molecule has 0 unspecified atom stereocenters. The molecule has 14 heavy (non-hydrogen) atoms. The first-order valence-corrected chi connectivity index (χ1v) is 5.15. The summed E-state index contributed by atoms with van der Waals surface area (Å²) in [5.41, 5.74) is 1.76. The zero-order chi connectivity index (χ0) is 10.1. The predicted molar refractivity (Wildman–Crippen MR) is 61.6 cm³/mol. The van der Waals surface area contributed by atoms with Gasteiger partial charge < -0.3 is 0 Å². The van der Waals surface area contributed by atoms with Gasteiger partial charge in [0.15, 0.2) is 0 Å².